The molecule has 2 aliphatic rings. The van der Waals surface area contributed by atoms with Gasteiger partial charge in [-0.1, -0.05) is 0 Å². The Morgan fingerprint density at radius 2 is 1.91 bits per heavy atom. The molecular formula is C23H25FN6O2. The van der Waals surface area contributed by atoms with E-state index in [0.29, 0.717) is 48.7 Å². The molecule has 0 aromatic carbocycles. The third kappa shape index (κ3) is 4.38. The number of fused-ring (bicyclic) bond motifs is 1. The van der Waals surface area contributed by atoms with E-state index in [1.165, 1.54) is 6.07 Å². The van der Waals surface area contributed by atoms with E-state index in [0.717, 1.165) is 37.3 Å². The van der Waals surface area contributed by atoms with Crippen LogP contribution < -0.4 is 9.64 Å². The van der Waals surface area contributed by atoms with Crippen LogP contribution in [0.2, 0.25) is 0 Å². The lowest BCUT2D eigenvalue weighted by Gasteiger charge is -2.35. The van der Waals surface area contributed by atoms with Gasteiger partial charge in [0.15, 0.2) is 11.6 Å². The van der Waals surface area contributed by atoms with Crippen molar-refractivity contribution in [3.63, 3.8) is 0 Å². The molecule has 5 rings (SSSR count). The van der Waals surface area contributed by atoms with Crippen LogP contribution in [0.25, 0.3) is 11.6 Å². The van der Waals surface area contributed by atoms with Crippen LogP contribution in [0.15, 0.2) is 36.8 Å². The molecule has 0 N–H and O–H groups in total. The zero-order valence-corrected chi connectivity index (χ0v) is 17.9. The summed E-state index contributed by atoms with van der Waals surface area (Å²) >= 11 is 0. The third-order valence-corrected chi connectivity index (χ3v) is 6.05. The van der Waals surface area contributed by atoms with E-state index in [-0.39, 0.29) is 6.04 Å². The van der Waals surface area contributed by atoms with Crippen molar-refractivity contribution >= 4 is 5.82 Å². The molecule has 32 heavy (non-hydrogen) atoms. The quantitative estimate of drug-likeness (QED) is 0.563. The Bertz CT molecular complexity index is 1080. The van der Waals surface area contributed by atoms with Gasteiger partial charge in [0.1, 0.15) is 11.6 Å². The lowest BCUT2D eigenvalue weighted by atomic mass is 9.99. The minimum Gasteiger partial charge on any atom is -0.493 e. The van der Waals surface area contributed by atoms with Crippen molar-refractivity contribution < 1.29 is 13.9 Å². The molecule has 3 aromatic rings. The highest BCUT2D eigenvalue weighted by atomic mass is 19.1. The fourth-order valence-electron chi connectivity index (χ4n) is 4.22. The van der Waals surface area contributed by atoms with Gasteiger partial charge in [0.25, 0.3) is 0 Å². The van der Waals surface area contributed by atoms with Crippen LogP contribution >= 0.6 is 0 Å². The first-order valence-electron chi connectivity index (χ1n) is 11.0. The van der Waals surface area contributed by atoms with E-state index >= 15 is 0 Å². The van der Waals surface area contributed by atoms with Crippen LogP contribution in [-0.4, -0.2) is 51.3 Å². The highest BCUT2D eigenvalue weighted by molar-refractivity contribution is 5.50. The number of ether oxygens (including phenoxy) is 2. The molecule has 0 saturated carbocycles. The monoisotopic (exact) mass is 436 g/mol. The summed E-state index contributed by atoms with van der Waals surface area (Å²) in [5, 5.41) is 0. The van der Waals surface area contributed by atoms with Crippen molar-refractivity contribution in [2.45, 2.75) is 32.2 Å². The molecule has 1 fully saturated rings. The van der Waals surface area contributed by atoms with Crippen LogP contribution in [-0.2, 0) is 11.2 Å². The molecule has 166 valence electrons. The van der Waals surface area contributed by atoms with E-state index < -0.39 is 5.95 Å². The molecule has 2 aliphatic heterocycles. The van der Waals surface area contributed by atoms with Crippen LogP contribution in [0.1, 0.15) is 37.1 Å². The van der Waals surface area contributed by atoms with Crippen LogP contribution in [0.4, 0.5) is 10.2 Å². The summed E-state index contributed by atoms with van der Waals surface area (Å²) in [6.45, 7) is 4.79. The van der Waals surface area contributed by atoms with Crippen molar-refractivity contribution in [1.29, 1.82) is 0 Å². The van der Waals surface area contributed by atoms with Gasteiger partial charge in [0.2, 0.25) is 5.95 Å². The molecule has 0 radical (unpaired) electrons. The van der Waals surface area contributed by atoms with Crippen molar-refractivity contribution in [2.24, 2.45) is 5.92 Å². The first kappa shape index (κ1) is 20.7. The summed E-state index contributed by atoms with van der Waals surface area (Å²) in [7, 11) is 0. The van der Waals surface area contributed by atoms with Gasteiger partial charge in [-0.2, -0.15) is 4.39 Å². The Balaban J connectivity index is 1.34. The van der Waals surface area contributed by atoms with Crippen molar-refractivity contribution in [3.8, 4) is 17.4 Å². The molecule has 0 amide bonds. The first-order valence-corrected chi connectivity index (χ1v) is 11.0. The second-order valence-electron chi connectivity index (χ2n) is 8.14. The van der Waals surface area contributed by atoms with E-state index in [1.54, 1.807) is 18.5 Å². The molecule has 0 spiro atoms. The zero-order chi connectivity index (χ0) is 21.9. The molecular weight excluding hydrogens is 411 g/mol. The highest BCUT2D eigenvalue weighted by Gasteiger charge is 2.28. The van der Waals surface area contributed by atoms with Crippen molar-refractivity contribution in [1.82, 2.24) is 24.9 Å². The Kier molecular flexibility index (Phi) is 5.89. The van der Waals surface area contributed by atoms with Crippen LogP contribution in [0.3, 0.4) is 0 Å². The van der Waals surface area contributed by atoms with Gasteiger partial charge < -0.3 is 14.4 Å². The fraction of sp³-hybridized carbons (Fsp3) is 0.435. The number of hydrogen-bond acceptors (Lipinski definition) is 8. The maximum Gasteiger partial charge on any atom is 0.218 e. The number of halogens is 1. The fourth-order valence-corrected chi connectivity index (χ4v) is 4.22. The summed E-state index contributed by atoms with van der Waals surface area (Å²) in [5.74, 6) is 1.96. The van der Waals surface area contributed by atoms with E-state index in [9.17, 15) is 4.39 Å². The maximum absolute atomic E-state index is 14.3. The minimum absolute atomic E-state index is 0.0536. The molecule has 1 unspecified atom stereocenters. The van der Waals surface area contributed by atoms with Crippen LogP contribution in [0, 0.1) is 11.9 Å². The Morgan fingerprint density at radius 1 is 1.09 bits per heavy atom. The van der Waals surface area contributed by atoms with Gasteiger partial charge in [-0.25, -0.2) is 24.9 Å². The van der Waals surface area contributed by atoms with Crippen molar-refractivity contribution in [3.05, 3.63) is 54.0 Å². The normalized spacial score (nSPS) is 18.9. The Hall–Kier alpha value is -3.20. The zero-order valence-electron chi connectivity index (χ0n) is 17.9. The average Bonchev–Trinajstić information content (AvgIpc) is 2.83. The van der Waals surface area contributed by atoms with Gasteiger partial charge in [-0.05, 0) is 31.7 Å². The van der Waals surface area contributed by atoms with Gasteiger partial charge in [0.05, 0.1) is 18.3 Å². The predicted molar refractivity (Wildman–Crippen MR) is 116 cm³/mol. The van der Waals surface area contributed by atoms with Gasteiger partial charge in [-0.3, -0.25) is 0 Å². The summed E-state index contributed by atoms with van der Waals surface area (Å²) in [6.07, 6.45) is 7.79. The van der Waals surface area contributed by atoms with Gasteiger partial charge in [-0.15, -0.1) is 0 Å². The number of rotatable bonds is 5. The molecule has 9 heteroatoms. The second-order valence-corrected chi connectivity index (χ2v) is 8.14. The summed E-state index contributed by atoms with van der Waals surface area (Å²) in [6, 6.07) is 4.87. The third-order valence-electron chi connectivity index (χ3n) is 6.05. The van der Waals surface area contributed by atoms with Crippen molar-refractivity contribution in [2.75, 3.05) is 31.3 Å². The number of nitrogens with zero attached hydrogens (tertiary/aromatic N) is 6. The summed E-state index contributed by atoms with van der Waals surface area (Å²) < 4.78 is 25.7. The average molecular weight is 436 g/mol. The predicted octanol–water partition coefficient (Wildman–Crippen LogP) is 3.40. The Labute approximate surface area is 185 Å². The maximum atomic E-state index is 14.3. The number of hydrogen-bond donors (Lipinski definition) is 0. The molecule has 1 saturated heterocycles. The van der Waals surface area contributed by atoms with Gasteiger partial charge >= 0.3 is 0 Å². The van der Waals surface area contributed by atoms with E-state index in [4.69, 9.17) is 9.47 Å². The summed E-state index contributed by atoms with van der Waals surface area (Å²) in [4.78, 5) is 23.8. The molecule has 8 nitrogen and oxygen atoms in total. The molecule has 3 aromatic heterocycles. The highest BCUT2D eigenvalue weighted by Crippen LogP contribution is 2.33. The molecule has 0 bridgehead atoms. The Morgan fingerprint density at radius 3 is 2.72 bits per heavy atom. The smallest absolute Gasteiger partial charge is 0.218 e. The lowest BCUT2D eigenvalue weighted by Crippen LogP contribution is -2.35. The second kappa shape index (κ2) is 9.12. The molecule has 0 aliphatic carbocycles. The number of aromatic nitrogens is 5. The number of pyridine rings is 1. The minimum atomic E-state index is -0.546. The lowest BCUT2D eigenvalue weighted by molar-refractivity contribution is 0.0497. The topological polar surface area (TPSA) is 86.2 Å². The SMILES string of the molecule is CC1c2cnc(-c3ncccn3)nc2CCN1c1cc(OCC2CCOCC2)cc(F)n1. The van der Waals surface area contributed by atoms with Gasteiger partial charge in [0, 0.05) is 62.5 Å². The molecule has 5 heterocycles. The van der Waals surface area contributed by atoms with E-state index in [2.05, 4.69) is 36.7 Å². The standard InChI is InChI=1S/C23H25FN6O2/c1-15-18-13-27-23(22-25-6-2-7-26-22)28-19(18)3-8-30(15)21-12-17(11-20(24)29-21)32-14-16-4-9-31-10-5-16/h2,6-7,11-13,15-16H,3-5,8-10,14H2,1H3. The summed E-state index contributed by atoms with van der Waals surface area (Å²) in [5.41, 5.74) is 1.95. The number of anilines is 1. The first-order chi connectivity index (χ1) is 15.7. The largest absolute Gasteiger partial charge is 0.493 e. The van der Waals surface area contributed by atoms with E-state index in [1.807, 2.05) is 12.3 Å². The molecule has 1 atom stereocenters. The van der Waals surface area contributed by atoms with Crippen LogP contribution in [0.5, 0.6) is 5.75 Å².